The molecule has 0 saturated carbocycles. The number of phenols is 1. The van der Waals surface area contributed by atoms with E-state index in [9.17, 15) is 5.11 Å². The third kappa shape index (κ3) is 5.62. The maximum absolute atomic E-state index is 10.1. The Morgan fingerprint density at radius 2 is 1.31 bits per heavy atom. The highest BCUT2D eigenvalue weighted by Crippen LogP contribution is 2.56. The number of fused-ring (bicyclic) bond motifs is 3. The van der Waals surface area contributed by atoms with Crippen LogP contribution in [-0.4, -0.2) is 36.1 Å². The molecule has 5 rings (SSSR count). The lowest BCUT2D eigenvalue weighted by molar-refractivity contribution is -0.129. The second kappa shape index (κ2) is 12.6. The zero-order valence-electron chi connectivity index (χ0n) is 25.2. The molecule has 2 unspecified atom stereocenters. The minimum Gasteiger partial charge on any atom is -0.508 e. The molecule has 1 aliphatic rings. The van der Waals surface area contributed by atoms with Gasteiger partial charge in [0.25, 0.3) is 0 Å². The van der Waals surface area contributed by atoms with E-state index in [1.165, 1.54) is 22.3 Å². The van der Waals surface area contributed by atoms with E-state index in [1.54, 1.807) is 18.2 Å². The van der Waals surface area contributed by atoms with Crippen LogP contribution in [0.1, 0.15) is 62.8 Å². The van der Waals surface area contributed by atoms with Gasteiger partial charge in [0.05, 0.1) is 23.7 Å². The van der Waals surface area contributed by atoms with Gasteiger partial charge < -0.3 is 19.3 Å². The molecule has 4 aromatic rings. The van der Waals surface area contributed by atoms with Gasteiger partial charge >= 0.3 is 0 Å². The summed E-state index contributed by atoms with van der Waals surface area (Å²) in [6.07, 6.45) is 3.34. The van der Waals surface area contributed by atoms with E-state index >= 15 is 0 Å². The molecule has 1 aliphatic carbocycles. The predicted molar refractivity (Wildman–Crippen MR) is 170 cm³/mol. The Morgan fingerprint density at radius 3 is 1.83 bits per heavy atom. The van der Waals surface area contributed by atoms with Crippen LogP contribution in [0.15, 0.2) is 110 Å². The standard InChI is InChI=1S/C38H42O4/c1-6-27(4)40-25-32(42-37(5,7-2)8-3)26-41-31-23-19-29(20-24-31)38(28-17-21-30(39)22-18-28)35-15-11-9-13-33(35)34-14-10-12-16-36(34)38/h6,9-24,27,32,39H,1,7-8,25-26H2,2-5H3. The monoisotopic (exact) mass is 562 g/mol. The number of aromatic hydroxyl groups is 1. The molecule has 218 valence electrons. The van der Waals surface area contributed by atoms with Crippen LogP contribution in [-0.2, 0) is 14.9 Å². The first-order valence-corrected chi connectivity index (χ1v) is 15.0. The van der Waals surface area contributed by atoms with Gasteiger partial charge in [-0.05, 0) is 84.3 Å². The summed E-state index contributed by atoms with van der Waals surface area (Å²) in [6, 6.07) is 33.3. The van der Waals surface area contributed by atoms with Crippen molar-refractivity contribution in [3.8, 4) is 22.6 Å². The summed E-state index contributed by atoms with van der Waals surface area (Å²) in [5.74, 6) is 1.03. The molecule has 0 saturated heterocycles. The third-order valence-electron chi connectivity index (χ3n) is 8.80. The summed E-state index contributed by atoms with van der Waals surface area (Å²) in [6.45, 7) is 13.1. The highest BCUT2D eigenvalue weighted by atomic mass is 16.6. The van der Waals surface area contributed by atoms with Crippen molar-refractivity contribution >= 4 is 0 Å². The van der Waals surface area contributed by atoms with Gasteiger partial charge in [-0.2, -0.15) is 0 Å². The molecule has 4 nitrogen and oxygen atoms in total. The first kappa shape index (κ1) is 29.6. The maximum atomic E-state index is 10.1. The number of phenolic OH excluding ortho intramolecular Hbond substituents is 1. The molecular formula is C38H42O4. The quantitative estimate of drug-likeness (QED) is 0.146. The molecule has 4 heteroatoms. The van der Waals surface area contributed by atoms with Crippen molar-refractivity contribution < 1.29 is 19.3 Å². The minimum atomic E-state index is -0.524. The summed E-state index contributed by atoms with van der Waals surface area (Å²) < 4.78 is 18.8. The molecule has 2 atom stereocenters. The van der Waals surface area contributed by atoms with Gasteiger partial charge in [0, 0.05) is 0 Å². The number of rotatable bonds is 13. The van der Waals surface area contributed by atoms with E-state index in [4.69, 9.17) is 14.2 Å². The largest absolute Gasteiger partial charge is 0.508 e. The first-order valence-electron chi connectivity index (χ1n) is 15.0. The SMILES string of the molecule is C=CC(C)OCC(COc1ccc(C2(c3ccc(O)cc3)c3ccccc3-c3ccccc32)cc1)OC(C)(CC)CC. The van der Waals surface area contributed by atoms with E-state index in [2.05, 4.69) is 88.0 Å². The second-order valence-corrected chi connectivity index (χ2v) is 11.4. The van der Waals surface area contributed by atoms with Crippen molar-refractivity contribution in [2.24, 2.45) is 0 Å². The van der Waals surface area contributed by atoms with Crippen molar-refractivity contribution in [3.63, 3.8) is 0 Å². The lowest BCUT2D eigenvalue weighted by Gasteiger charge is -2.34. The van der Waals surface area contributed by atoms with Crippen LogP contribution in [0, 0.1) is 0 Å². The first-order chi connectivity index (χ1) is 20.3. The summed E-state index contributed by atoms with van der Waals surface area (Å²) in [5, 5.41) is 10.1. The van der Waals surface area contributed by atoms with Crippen molar-refractivity contribution in [3.05, 3.63) is 132 Å². The summed E-state index contributed by atoms with van der Waals surface area (Å²) >= 11 is 0. The number of hydrogen-bond acceptors (Lipinski definition) is 4. The third-order valence-corrected chi connectivity index (χ3v) is 8.80. The van der Waals surface area contributed by atoms with Crippen molar-refractivity contribution in [2.75, 3.05) is 13.2 Å². The normalized spacial score (nSPS) is 15.0. The Balaban J connectivity index is 1.48. The van der Waals surface area contributed by atoms with Gasteiger partial charge in [-0.15, -0.1) is 6.58 Å². The average molecular weight is 563 g/mol. The Bertz CT molecular complexity index is 1440. The molecule has 42 heavy (non-hydrogen) atoms. The topological polar surface area (TPSA) is 47.9 Å². The molecule has 0 spiro atoms. The summed E-state index contributed by atoms with van der Waals surface area (Å²) in [5.41, 5.74) is 6.39. The Kier molecular flexibility index (Phi) is 8.86. The Hall–Kier alpha value is -3.86. The molecule has 0 fully saturated rings. The zero-order valence-corrected chi connectivity index (χ0v) is 25.2. The number of benzene rings is 4. The van der Waals surface area contributed by atoms with E-state index in [0.29, 0.717) is 13.2 Å². The maximum Gasteiger partial charge on any atom is 0.119 e. The van der Waals surface area contributed by atoms with Gasteiger partial charge in [0.15, 0.2) is 0 Å². The Labute approximate surface area is 250 Å². The molecular weight excluding hydrogens is 520 g/mol. The molecule has 0 heterocycles. The van der Waals surface area contributed by atoms with E-state index in [-0.39, 0.29) is 23.6 Å². The molecule has 0 bridgehead atoms. The smallest absolute Gasteiger partial charge is 0.119 e. The van der Waals surface area contributed by atoms with E-state index in [1.807, 2.05) is 31.2 Å². The molecule has 0 aromatic heterocycles. The van der Waals surface area contributed by atoms with Crippen molar-refractivity contribution in [1.82, 2.24) is 0 Å². The van der Waals surface area contributed by atoms with Gasteiger partial charge in [0.2, 0.25) is 0 Å². The summed E-state index contributed by atoms with van der Waals surface area (Å²) in [7, 11) is 0. The minimum absolute atomic E-state index is 0.0573. The van der Waals surface area contributed by atoms with Gasteiger partial charge in [-0.1, -0.05) is 92.7 Å². The van der Waals surface area contributed by atoms with Gasteiger partial charge in [-0.25, -0.2) is 0 Å². The van der Waals surface area contributed by atoms with Crippen LogP contribution in [0.2, 0.25) is 0 Å². The second-order valence-electron chi connectivity index (χ2n) is 11.4. The average Bonchev–Trinajstić information content (AvgIpc) is 3.34. The van der Waals surface area contributed by atoms with Crippen LogP contribution < -0.4 is 4.74 Å². The lowest BCUT2D eigenvalue weighted by atomic mass is 9.68. The van der Waals surface area contributed by atoms with Crippen LogP contribution in [0.5, 0.6) is 11.5 Å². The molecule has 0 aliphatic heterocycles. The van der Waals surface area contributed by atoms with E-state index in [0.717, 1.165) is 29.7 Å². The number of ether oxygens (including phenoxy) is 3. The summed E-state index contributed by atoms with van der Waals surface area (Å²) in [4.78, 5) is 0. The fraction of sp³-hybridized carbons (Fsp3) is 0.316. The predicted octanol–water partition coefficient (Wildman–Crippen LogP) is 8.69. The molecule has 1 N–H and O–H groups in total. The van der Waals surface area contributed by atoms with Crippen LogP contribution in [0.25, 0.3) is 11.1 Å². The highest BCUT2D eigenvalue weighted by Gasteiger charge is 2.45. The number of hydrogen-bond donors (Lipinski definition) is 1. The van der Waals surface area contributed by atoms with Gasteiger partial charge in [0.1, 0.15) is 24.2 Å². The fourth-order valence-electron chi connectivity index (χ4n) is 5.99. The van der Waals surface area contributed by atoms with E-state index < -0.39 is 5.41 Å². The van der Waals surface area contributed by atoms with Crippen LogP contribution in [0.3, 0.4) is 0 Å². The van der Waals surface area contributed by atoms with Crippen molar-refractivity contribution in [1.29, 1.82) is 0 Å². The Morgan fingerprint density at radius 1 is 0.786 bits per heavy atom. The molecule has 0 radical (unpaired) electrons. The highest BCUT2D eigenvalue weighted by molar-refractivity contribution is 5.86. The molecule has 4 aromatic carbocycles. The zero-order chi connectivity index (χ0) is 29.7. The van der Waals surface area contributed by atoms with Gasteiger partial charge in [-0.3, -0.25) is 0 Å². The van der Waals surface area contributed by atoms with Crippen LogP contribution >= 0.6 is 0 Å². The fourth-order valence-corrected chi connectivity index (χ4v) is 5.99. The molecule has 0 amide bonds. The lowest BCUT2D eigenvalue weighted by Crippen LogP contribution is -2.38. The van der Waals surface area contributed by atoms with Crippen molar-refractivity contribution in [2.45, 2.75) is 63.8 Å². The van der Waals surface area contributed by atoms with Crippen LogP contribution in [0.4, 0.5) is 0 Å².